The van der Waals surface area contributed by atoms with Gasteiger partial charge in [0.2, 0.25) is 0 Å². The molecule has 0 unspecified atom stereocenters. The molecule has 2 N–H and O–H groups in total. The molecule has 5 nitrogen and oxygen atoms in total. The van der Waals surface area contributed by atoms with Crippen molar-refractivity contribution in [3.8, 4) is 22.3 Å². The molecule has 0 heterocycles. The van der Waals surface area contributed by atoms with E-state index in [9.17, 15) is 0 Å². The van der Waals surface area contributed by atoms with Crippen LogP contribution < -0.4 is 5.73 Å². The van der Waals surface area contributed by atoms with Crippen LogP contribution in [0.25, 0.3) is 22.3 Å². The van der Waals surface area contributed by atoms with E-state index in [0.717, 1.165) is 39.1 Å². The molecule has 61 heavy (non-hydrogen) atoms. The highest BCUT2D eigenvalue weighted by Gasteiger charge is 2.51. The van der Waals surface area contributed by atoms with Gasteiger partial charge < -0.3 is 5.73 Å². The first-order valence-electron chi connectivity index (χ1n) is 20.7. The lowest BCUT2D eigenvalue weighted by Gasteiger charge is -2.30. The van der Waals surface area contributed by atoms with E-state index >= 15 is 0 Å². The maximum atomic E-state index is 6.58. The molecule has 8 aromatic rings. The summed E-state index contributed by atoms with van der Waals surface area (Å²) in [5, 5.41) is 0. The molecule has 8 aromatic carbocycles. The Hall–Kier alpha value is -7.76. The molecule has 0 atom stereocenters. The fourth-order valence-corrected chi connectivity index (χ4v) is 9.01. The number of aliphatic imine (C=N–C) groups is 4. The summed E-state index contributed by atoms with van der Waals surface area (Å²) in [6.07, 6.45) is 0. The SMILES string of the molecule is C/C(=N\C(=N/Cc1ccccc1)c1ccc2c(c1)-c1cc(C/N=C(\N=C(/N)c3ccccc3)c3ccccc3)ccc1C21c2ccccc2-c2ccccc21)c1ccccc1. The maximum absolute atomic E-state index is 6.58. The van der Waals surface area contributed by atoms with Gasteiger partial charge in [0.1, 0.15) is 5.84 Å². The average molecular weight is 786 g/mol. The van der Waals surface area contributed by atoms with Gasteiger partial charge >= 0.3 is 0 Å². The van der Waals surface area contributed by atoms with Crippen LogP contribution in [0.5, 0.6) is 0 Å². The number of nitrogens with zero attached hydrogens (tertiary/aromatic N) is 4. The Bertz CT molecular complexity index is 2970. The normalized spacial score (nSPS) is 14.0. The zero-order valence-corrected chi connectivity index (χ0v) is 33.9. The minimum Gasteiger partial charge on any atom is -0.383 e. The van der Waals surface area contributed by atoms with Gasteiger partial charge in [0.15, 0.2) is 11.7 Å². The summed E-state index contributed by atoms with van der Waals surface area (Å²) in [4.78, 5) is 20.5. The first kappa shape index (κ1) is 37.5. The van der Waals surface area contributed by atoms with Gasteiger partial charge in [-0.2, -0.15) is 0 Å². The largest absolute Gasteiger partial charge is 0.383 e. The van der Waals surface area contributed by atoms with Crippen LogP contribution in [-0.4, -0.2) is 23.2 Å². The van der Waals surface area contributed by atoms with Gasteiger partial charge in [-0.25, -0.2) is 9.98 Å². The molecule has 2 aliphatic carbocycles. The molecular weight excluding hydrogens is 743 g/mol. The van der Waals surface area contributed by atoms with Gasteiger partial charge in [-0.1, -0.05) is 194 Å². The van der Waals surface area contributed by atoms with Gasteiger partial charge in [-0.3, -0.25) is 9.98 Å². The van der Waals surface area contributed by atoms with E-state index in [1.54, 1.807) is 0 Å². The van der Waals surface area contributed by atoms with Crippen LogP contribution in [-0.2, 0) is 18.5 Å². The molecule has 5 heteroatoms. The summed E-state index contributed by atoms with van der Waals surface area (Å²) in [5.74, 6) is 1.71. The minimum absolute atomic E-state index is 0.419. The van der Waals surface area contributed by atoms with Crippen molar-refractivity contribution in [3.63, 3.8) is 0 Å². The highest BCUT2D eigenvalue weighted by Crippen LogP contribution is 2.62. The quantitative estimate of drug-likeness (QED) is 0.121. The average Bonchev–Trinajstić information content (AvgIpc) is 3.79. The predicted molar refractivity (Wildman–Crippen MR) is 252 cm³/mol. The second-order valence-electron chi connectivity index (χ2n) is 15.5. The number of hydrogen-bond acceptors (Lipinski definition) is 2. The molecule has 0 saturated heterocycles. The van der Waals surface area contributed by atoms with Crippen molar-refractivity contribution < 1.29 is 0 Å². The third-order valence-electron chi connectivity index (χ3n) is 11.9. The standard InChI is InChI=1S/C56H43N5/c1-38(41-20-8-3-9-21-41)60-55(58-36-39-18-6-2-7-19-39)44-31-33-52-48(35-44)47-34-40(37-59-54(43-24-12-5-13-25-43)61-53(57)42-22-10-4-11-23-42)30-32-51(47)56(52)49-28-16-14-26-45(49)46-27-15-17-29-50(46)56/h2-35H,36-37H2,1H3,(H2,57,59,61)/b58-55-,60-38+. The zero-order valence-electron chi connectivity index (χ0n) is 33.9. The number of benzene rings is 8. The van der Waals surface area contributed by atoms with Gasteiger partial charge in [0, 0.05) is 22.4 Å². The Morgan fingerprint density at radius 1 is 0.393 bits per heavy atom. The second kappa shape index (κ2) is 16.1. The Morgan fingerprint density at radius 2 is 0.852 bits per heavy atom. The van der Waals surface area contributed by atoms with Crippen molar-refractivity contribution in [3.05, 3.63) is 262 Å². The molecule has 292 valence electrons. The molecule has 1 spiro atoms. The van der Waals surface area contributed by atoms with Crippen LogP contribution >= 0.6 is 0 Å². The van der Waals surface area contributed by atoms with Crippen LogP contribution in [0.15, 0.2) is 226 Å². The van der Waals surface area contributed by atoms with Crippen LogP contribution in [0, 0.1) is 0 Å². The van der Waals surface area contributed by atoms with E-state index < -0.39 is 5.41 Å². The highest BCUT2D eigenvalue weighted by molar-refractivity contribution is 6.13. The lowest BCUT2D eigenvalue weighted by Crippen LogP contribution is -2.25. The Kier molecular flexibility index (Phi) is 9.91. The summed E-state index contributed by atoms with van der Waals surface area (Å²) in [5.41, 5.74) is 23.0. The van der Waals surface area contributed by atoms with Crippen LogP contribution in [0.1, 0.15) is 62.6 Å². The molecule has 10 rings (SSSR count). The maximum Gasteiger partial charge on any atom is 0.157 e. The second-order valence-corrected chi connectivity index (χ2v) is 15.5. The minimum atomic E-state index is -0.494. The third-order valence-corrected chi connectivity index (χ3v) is 11.9. The molecule has 0 aliphatic heterocycles. The molecule has 0 radical (unpaired) electrons. The van der Waals surface area contributed by atoms with E-state index in [4.69, 9.17) is 25.7 Å². The van der Waals surface area contributed by atoms with E-state index in [-0.39, 0.29) is 0 Å². The van der Waals surface area contributed by atoms with Crippen molar-refractivity contribution in [2.45, 2.75) is 25.4 Å². The van der Waals surface area contributed by atoms with Crippen LogP contribution in [0.3, 0.4) is 0 Å². The van der Waals surface area contributed by atoms with E-state index in [0.29, 0.717) is 30.6 Å². The molecule has 0 amide bonds. The smallest absolute Gasteiger partial charge is 0.157 e. The summed E-state index contributed by atoms with van der Waals surface area (Å²) >= 11 is 0. The van der Waals surface area contributed by atoms with Crippen molar-refractivity contribution >= 4 is 23.2 Å². The lowest BCUT2D eigenvalue weighted by molar-refractivity contribution is 0.793. The number of amidine groups is 3. The molecule has 0 fully saturated rings. The Labute approximate surface area is 357 Å². The first-order chi connectivity index (χ1) is 30.1. The molecular formula is C56H43N5. The Balaban J connectivity index is 1.14. The molecule has 0 aromatic heterocycles. The van der Waals surface area contributed by atoms with Gasteiger partial charge in [0.05, 0.1) is 18.5 Å². The molecule has 0 bridgehead atoms. The number of fused-ring (bicyclic) bond motifs is 10. The monoisotopic (exact) mass is 785 g/mol. The topological polar surface area (TPSA) is 75.5 Å². The van der Waals surface area contributed by atoms with Gasteiger partial charge in [0.25, 0.3) is 0 Å². The van der Waals surface area contributed by atoms with E-state index in [1.165, 1.54) is 44.5 Å². The number of hydrogen-bond donors (Lipinski definition) is 1. The first-order valence-corrected chi connectivity index (χ1v) is 20.7. The molecule has 0 saturated carbocycles. The van der Waals surface area contributed by atoms with E-state index in [2.05, 4.69) is 128 Å². The summed E-state index contributed by atoms with van der Waals surface area (Å²) in [6, 6.07) is 72.1. The third kappa shape index (κ3) is 6.90. The fourth-order valence-electron chi connectivity index (χ4n) is 9.01. The fraction of sp³-hybridized carbons (Fsp3) is 0.0714. The van der Waals surface area contributed by atoms with E-state index in [1.807, 2.05) is 84.9 Å². The number of rotatable bonds is 8. The van der Waals surface area contributed by atoms with Crippen molar-refractivity contribution in [2.24, 2.45) is 25.7 Å². The van der Waals surface area contributed by atoms with Crippen molar-refractivity contribution in [2.75, 3.05) is 0 Å². The Morgan fingerprint density at radius 3 is 1.48 bits per heavy atom. The summed E-state index contributed by atoms with van der Waals surface area (Å²) < 4.78 is 0. The van der Waals surface area contributed by atoms with Gasteiger partial charge in [-0.15, -0.1) is 0 Å². The lowest BCUT2D eigenvalue weighted by atomic mass is 9.70. The van der Waals surface area contributed by atoms with Crippen LogP contribution in [0.2, 0.25) is 0 Å². The zero-order chi connectivity index (χ0) is 41.2. The molecule has 2 aliphatic rings. The van der Waals surface area contributed by atoms with Crippen LogP contribution in [0.4, 0.5) is 0 Å². The van der Waals surface area contributed by atoms with Gasteiger partial charge in [-0.05, 0) is 80.3 Å². The summed E-state index contributed by atoms with van der Waals surface area (Å²) in [7, 11) is 0. The number of nitrogens with two attached hydrogens (primary N) is 1. The van der Waals surface area contributed by atoms with Crippen molar-refractivity contribution in [1.82, 2.24) is 0 Å². The predicted octanol–water partition coefficient (Wildman–Crippen LogP) is 11.8. The highest BCUT2D eigenvalue weighted by atomic mass is 15.0. The summed E-state index contributed by atoms with van der Waals surface area (Å²) in [6.45, 7) is 3.00. The van der Waals surface area contributed by atoms with Crippen molar-refractivity contribution in [1.29, 1.82) is 0 Å².